The maximum absolute atomic E-state index is 13.9. The van der Waals surface area contributed by atoms with E-state index < -0.39 is 67.6 Å². The van der Waals surface area contributed by atoms with Gasteiger partial charge in [-0.3, -0.25) is 0 Å². The van der Waals surface area contributed by atoms with Crippen LogP contribution in [-0.2, 0) is 9.53 Å². The third-order valence-electron chi connectivity index (χ3n) is 3.84. The molecular weight excluding hydrogens is 421 g/mol. The molecule has 0 spiro atoms. The fourth-order valence-corrected chi connectivity index (χ4v) is 2.17. The van der Waals surface area contributed by atoms with Crippen LogP contribution in [0.4, 0.5) is 48.3 Å². The van der Waals surface area contributed by atoms with Crippen LogP contribution in [0.15, 0.2) is 12.2 Å². The van der Waals surface area contributed by atoms with Crippen molar-refractivity contribution in [1.82, 2.24) is 0 Å². The van der Waals surface area contributed by atoms with Crippen molar-refractivity contribution >= 4 is 5.97 Å². The lowest BCUT2D eigenvalue weighted by Gasteiger charge is -2.35. The molecule has 2 nitrogen and oxygen atoms in total. The quantitative estimate of drug-likeness (QED) is 0.263. The molecular formula is C15H17F11O2. The molecule has 2 atom stereocenters. The summed E-state index contributed by atoms with van der Waals surface area (Å²) in [7, 11) is 0. The van der Waals surface area contributed by atoms with Crippen LogP contribution in [0.2, 0.25) is 0 Å². The molecule has 0 aliphatic heterocycles. The van der Waals surface area contributed by atoms with Gasteiger partial charge in [0, 0.05) is 12.0 Å². The number of esters is 1. The van der Waals surface area contributed by atoms with Crippen molar-refractivity contribution in [2.45, 2.75) is 63.0 Å². The first-order valence-corrected chi connectivity index (χ1v) is 7.56. The predicted molar refractivity (Wildman–Crippen MR) is 74.6 cm³/mol. The van der Waals surface area contributed by atoms with E-state index in [0.717, 1.165) is 6.92 Å². The highest BCUT2D eigenvalue weighted by atomic mass is 19.4. The number of alkyl halides is 11. The van der Waals surface area contributed by atoms with Crippen LogP contribution in [0, 0.1) is 5.92 Å². The average Bonchev–Trinajstić information content (AvgIpc) is 2.42. The van der Waals surface area contributed by atoms with Crippen molar-refractivity contribution in [3.05, 3.63) is 12.2 Å². The Morgan fingerprint density at radius 3 is 1.61 bits per heavy atom. The Morgan fingerprint density at radius 2 is 1.29 bits per heavy atom. The van der Waals surface area contributed by atoms with Crippen LogP contribution in [0.25, 0.3) is 0 Å². The molecule has 0 saturated heterocycles. The van der Waals surface area contributed by atoms with Gasteiger partial charge < -0.3 is 4.74 Å². The molecule has 13 heteroatoms. The minimum atomic E-state index is -6.51. The Balaban J connectivity index is 5.70. The zero-order chi connectivity index (χ0) is 22.8. The number of carbonyl (C=O) groups is 1. The smallest absolute Gasteiger partial charge is 0.431 e. The van der Waals surface area contributed by atoms with E-state index in [1.54, 1.807) is 0 Å². The average molecular weight is 438 g/mol. The second kappa shape index (κ2) is 8.44. The summed E-state index contributed by atoms with van der Waals surface area (Å²) >= 11 is 0. The van der Waals surface area contributed by atoms with Crippen molar-refractivity contribution < 1.29 is 57.8 Å². The zero-order valence-corrected chi connectivity index (χ0v) is 14.6. The number of halogens is 11. The summed E-state index contributed by atoms with van der Waals surface area (Å²) in [4.78, 5) is 11.2. The molecule has 0 amide bonds. The van der Waals surface area contributed by atoms with Gasteiger partial charge in [-0.1, -0.05) is 6.58 Å². The first-order valence-electron chi connectivity index (χ1n) is 7.56. The highest BCUT2D eigenvalue weighted by Gasteiger charge is 2.72. The second-order valence-electron chi connectivity index (χ2n) is 6.47. The fraction of sp³-hybridized carbons (Fsp3) is 0.800. The summed E-state index contributed by atoms with van der Waals surface area (Å²) in [6, 6.07) is 0. The molecule has 0 fully saturated rings. The summed E-state index contributed by atoms with van der Waals surface area (Å²) in [5.74, 6) is -3.54. The van der Waals surface area contributed by atoms with Crippen molar-refractivity contribution in [3.8, 4) is 0 Å². The fourth-order valence-electron chi connectivity index (χ4n) is 2.17. The van der Waals surface area contributed by atoms with E-state index in [0.29, 0.717) is 0 Å². The van der Waals surface area contributed by atoms with Gasteiger partial charge in [0.1, 0.15) is 0 Å². The number of ether oxygens (including phenoxy) is 1. The summed E-state index contributed by atoms with van der Waals surface area (Å²) in [6.45, 7) is 3.21. The summed E-state index contributed by atoms with van der Waals surface area (Å²) in [5.41, 5.74) is -10.3. The van der Waals surface area contributed by atoms with Crippen LogP contribution in [0.5, 0.6) is 0 Å². The SMILES string of the molecule is C=C(C)C(=O)OCCC(CC(C)(F)C(F)(F)F)CC(F)(C(F)(F)F)C(F)(F)F. The molecule has 0 aromatic carbocycles. The third kappa shape index (κ3) is 6.50. The third-order valence-corrected chi connectivity index (χ3v) is 3.84. The minimum Gasteiger partial charge on any atom is -0.462 e. The van der Waals surface area contributed by atoms with Crippen LogP contribution in [0.3, 0.4) is 0 Å². The van der Waals surface area contributed by atoms with Crippen molar-refractivity contribution in [3.63, 3.8) is 0 Å². The molecule has 0 aromatic rings. The lowest BCUT2D eigenvalue weighted by molar-refractivity contribution is -0.347. The standard InChI is InChI=1S/C15H17F11O2/c1-8(2)10(27)28-5-4-9(6-11(3,16)13(18,19)20)7-12(17,14(21,22)23)15(24,25)26/h9H,1,4-7H2,2-3H3. The van der Waals surface area contributed by atoms with Gasteiger partial charge in [0.25, 0.3) is 5.67 Å². The highest BCUT2D eigenvalue weighted by molar-refractivity contribution is 5.86. The van der Waals surface area contributed by atoms with Gasteiger partial charge in [-0.2, -0.15) is 39.5 Å². The molecule has 0 saturated carbocycles. The molecule has 0 aliphatic carbocycles. The molecule has 2 unspecified atom stereocenters. The number of hydrogen-bond donors (Lipinski definition) is 0. The minimum absolute atomic E-state index is 0.0962. The van der Waals surface area contributed by atoms with E-state index in [-0.39, 0.29) is 12.5 Å². The maximum Gasteiger partial charge on any atom is 0.431 e. The molecule has 28 heavy (non-hydrogen) atoms. The van der Waals surface area contributed by atoms with E-state index in [4.69, 9.17) is 0 Å². The lowest BCUT2D eigenvalue weighted by Crippen LogP contribution is -2.55. The van der Waals surface area contributed by atoms with Crippen molar-refractivity contribution in [1.29, 1.82) is 0 Å². The zero-order valence-electron chi connectivity index (χ0n) is 14.6. The molecule has 0 aromatic heterocycles. The molecule has 0 rings (SSSR count). The van der Waals surface area contributed by atoms with Crippen LogP contribution < -0.4 is 0 Å². The molecule has 0 bridgehead atoms. The van der Waals surface area contributed by atoms with E-state index in [1.165, 1.54) is 0 Å². The molecule has 0 aliphatic rings. The lowest BCUT2D eigenvalue weighted by atomic mass is 9.82. The van der Waals surface area contributed by atoms with Gasteiger partial charge in [-0.25, -0.2) is 13.6 Å². The molecule has 0 N–H and O–H groups in total. The topological polar surface area (TPSA) is 26.3 Å². The number of carbonyl (C=O) groups excluding carboxylic acids is 1. The largest absolute Gasteiger partial charge is 0.462 e. The summed E-state index contributed by atoms with van der Waals surface area (Å²) in [6.07, 6.45) is -24.2. The normalized spacial score (nSPS) is 17.0. The molecule has 0 radical (unpaired) electrons. The first kappa shape index (κ1) is 26.4. The summed E-state index contributed by atoms with van der Waals surface area (Å²) < 4.78 is 146. The van der Waals surface area contributed by atoms with E-state index in [1.807, 2.05) is 0 Å². The Bertz CT molecular complexity index is 544. The van der Waals surface area contributed by atoms with Gasteiger partial charge in [0.05, 0.1) is 6.61 Å². The van der Waals surface area contributed by atoms with Crippen LogP contribution in [0.1, 0.15) is 33.1 Å². The Kier molecular flexibility index (Phi) is 7.97. The van der Waals surface area contributed by atoms with E-state index >= 15 is 0 Å². The first-order chi connectivity index (χ1) is 12.2. The Labute approximate surface area is 152 Å². The maximum atomic E-state index is 13.9. The monoisotopic (exact) mass is 438 g/mol. The second-order valence-corrected chi connectivity index (χ2v) is 6.47. The number of hydrogen-bond acceptors (Lipinski definition) is 2. The van der Waals surface area contributed by atoms with Gasteiger partial charge in [-0.05, 0) is 32.6 Å². The van der Waals surface area contributed by atoms with Crippen LogP contribution in [-0.4, -0.2) is 42.4 Å². The Hall–Kier alpha value is -1.56. The van der Waals surface area contributed by atoms with Gasteiger partial charge in [-0.15, -0.1) is 0 Å². The molecule has 0 heterocycles. The highest BCUT2D eigenvalue weighted by Crippen LogP contribution is 2.51. The Morgan fingerprint density at radius 1 is 0.857 bits per heavy atom. The van der Waals surface area contributed by atoms with E-state index in [2.05, 4.69) is 11.3 Å². The van der Waals surface area contributed by atoms with E-state index in [9.17, 15) is 53.1 Å². The van der Waals surface area contributed by atoms with Gasteiger partial charge >= 0.3 is 24.5 Å². The van der Waals surface area contributed by atoms with Gasteiger partial charge in [0.15, 0.2) is 0 Å². The van der Waals surface area contributed by atoms with Gasteiger partial charge in [0.2, 0.25) is 5.67 Å². The van der Waals surface area contributed by atoms with Crippen LogP contribution >= 0.6 is 0 Å². The van der Waals surface area contributed by atoms with Crippen molar-refractivity contribution in [2.75, 3.05) is 6.61 Å². The summed E-state index contributed by atoms with van der Waals surface area (Å²) in [5, 5.41) is 0. The molecule has 166 valence electrons. The predicted octanol–water partition coefficient (Wildman–Crippen LogP) is 6.02. The number of rotatable bonds is 8. The van der Waals surface area contributed by atoms with Crippen molar-refractivity contribution in [2.24, 2.45) is 5.92 Å².